The second-order valence-electron chi connectivity index (χ2n) is 6.71. The normalized spacial score (nSPS) is 26.6. The van der Waals surface area contributed by atoms with Gasteiger partial charge in [0.05, 0.1) is 24.0 Å². The van der Waals surface area contributed by atoms with E-state index in [0.717, 1.165) is 0 Å². The van der Waals surface area contributed by atoms with Crippen LogP contribution in [-0.4, -0.2) is 37.7 Å². The summed E-state index contributed by atoms with van der Waals surface area (Å²) in [5.74, 6) is -1.38. The first-order chi connectivity index (χ1) is 8.49. The van der Waals surface area contributed by atoms with Gasteiger partial charge in [-0.3, -0.25) is 9.59 Å². The van der Waals surface area contributed by atoms with Gasteiger partial charge in [0, 0.05) is 0 Å². The standard InChI is InChI=1S/C13H25NO4Si/c1-12(2,3)13(4,18-19(5)6)10-8(7-9(15)16)14-11(10)17/h8,10,19H,7H2,1-6H3,(H,14,17)(H,15,16)/t8?,10?,13-/m0/s1. The number of carboxylic acids is 1. The van der Waals surface area contributed by atoms with Crippen molar-refractivity contribution in [1.82, 2.24) is 5.32 Å². The van der Waals surface area contributed by atoms with Crippen LogP contribution in [0.3, 0.4) is 0 Å². The van der Waals surface area contributed by atoms with Crippen LogP contribution < -0.4 is 5.32 Å². The largest absolute Gasteiger partial charge is 0.481 e. The molecule has 0 aromatic rings. The Kier molecular flexibility index (Phi) is 4.46. The van der Waals surface area contributed by atoms with E-state index in [0.29, 0.717) is 0 Å². The van der Waals surface area contributed by atoms with Gasteiger partial charge in [-0.15, -0.1) is 0 Å². The van der Waals surface area contributed by atoms with Crippen LogP contribution in [0.1, 0.15) is 34.1 Å². The highest BCUT2D eigenvalue weighted by Gasteiger charge is 2.57. The summed E-state index contributed by atoms with van der Waals surface area (Å²) in [6, 6.07) is -0.332. The van der Waals surface area contributed by atoms with Crippen molar-refractivity contribution in [2.75, 3.05) is 0 Å². The lowest BCUT2D eigenvalue weighted by Gasteiger charge is -2.54. The lowest BCUT2D eigenvalue weighted by molar-refractivity contribution is -0.162. The topological polar surface area (TPSA) is 75.6 Å². The van der Waals surface area contributed by atoms with Crippen molar-refractivity contribution < 1.29 is 19.1 Å². The number of carbonyl (C=O) groups excluding carboxylic acids is 1. The van der Waals surface area contributed by atoms with E-state index in [1.54, 1.807) is 0 Å². The molecule has 1 aliphatic heterocycles. The highest BCUT2D eigenvalue weighted by molar-refractivity contribution is 6.48. The fourth-order valence-corrected chi connectivity index (χ4v) is 4.12. The summed E-state index contributed by atoms with van der Waals surface area (Å²) in [4.78, 5) is 22.8. The number of β-lactam (4-membered cyclic amide) rings is 1. The molecule has 1 saturated heterocycles. The molecule has 0 radical (unpaired) electrons. The minimum Gasteiger partial charge on any atom is -0.481 e. The van der Waals surface area contributed by atoms with Crippen LogP contribution in [0, 0.1) is 11.3 Å². The van der Waals surface area contributed by atoms with Crippen LogP contribution in [0.25, 0.3) is 0 Å². The van der Waals surface area contributed by atoms with E-state index >= 15 is 0 Å². The molecule has 2 N–H and O–H groups in total. The Balaban J connectivity index is 3.03. The third kappa shape index (κ3) is 3.17. The fourth-order valence-electron chi connectivity index (χ4n) is 2.64. The average Bonchev–Trinajstić information content (AvgIpc) is 2.11. The number of nitrogens with one attached hydrogen (secondary N) is 1. The van der Waals surface area contributed by atoms with Gasteiger partial charge in [0.1, 0.15) is 0 Å². The second-order valence-corrected chi connectivity index (χ2v) is 9.05. The molecule has 0 saturated carbocycles. The molecule has 3 atom stereocenters. The Labute approximate surface area is 116 Å². The van der Waals surface area contributed by atoms with Crippen LogP contribution in [0.2, 0.25) is 13.1 Å². The molecule has 0 bridgehead atoms. The second kappa shape index (κ2) is 5.24. The number of carboxylic acid groups (broad SMARTS) is 1. The van der Waals surface area contributed by atoms with E-state index in [4.69, 9.17) is 9.53 Å². The average molecular weight is 287 g/mol. The Morgan fingerprint density at radius 2 is 1.89 bits per heavy atom. The molecule has 6 heteroatoms. The minimum absolute atomic E-state index is 0.0505. The molecule has 2 unspecified atom stereocenters. The third-order valence-corrected chi connectivity index (χ3v) is 4.93. The van der Waals surface area contributed by atoms with Gasteiger partial charge in [-0.25, -0.2) is 0 Å². The number of carbonyl (C=O) groups is 2. The Morgan fingerprint density at radius 3 is 2.21 bits per heavy atom. The monoisotopic (exact) mass is 287 g/mol. The number of hydrogen-bond acceptors (Lipinski definition) is 3. The number of rotatable bonds is 5. The van der Waals surface area contributed by atoms with Gasteiger partial charge in [-0.05, 0) is 25.4 Å². The number of amides is 1. The molecule has 1 amide bonds. The molecule has 0 aromatic heterocycles. The van der Waals surface area contributed by atoms with E-state index < -0.39 is 26.5 Å². The van der Waals surface area contributed by atoms with Crippen molar-refractivity contribution in [3.8, 4) is 0 Å². The van der Waals surface area contributed by atoms with Gasteiger partial charge < -0.3 is 14.8 Å². The van der Waals surface area contributed by atoms with E-state index in [1.165, 1.54) is 0 Å². The molecule has 0 aromatic carbocycles. The predicted octanol–water partition coefficient (Wildman–Crippen LogP) is 1.38. The van der Waals surface area contributed by atoms with E-state index in [-0.39, 0.29) is 23.8 Å². The lowest BCUT2D eigenvalue weighted by atomic mass is 9.64. The quantitative estimate of drug-likeness (QED) is 0.592. The van der Waals surface area contributed by atoms with Gasteiger partial charge in [-0.2, -0.15) is 0 Å². The summed E-state index contributed by atoms with van der Waals surface area (Å²) < 4.78 is 6.17. The summed E-state index contributed by atoms with van der Waals surface area (Å²) in [7, 11) is -1.35. The van der Waals surface area contributed by atoms with Crippen molar-refractivity contribution in [2.24, 2.45) is 11.3 Å². The summed E-state index contributed by atoms with van der Waals surface area (Å²) in [6.07, 6.45) is -0.0505. The molecule has 1 aliphatic rings. The van der Waals surface area contributed by atoms with Crippen LogP contribution in [0.5, 0.6) is 0 Å². The van der Waals surface area contributed by atoms with Crippen LogP contribution in [0.15, 0.2) is 0 Å². The van der Waals surface area contributed by atoms with Gasteiger partial charge >= 0.3 is 5.97 Å². The van der Waals surface area contributed by atoms with Crippen molar-refractivity contribution in [2.45, 2.75) is 58.9 Å². The fraction of sp³-hybridized carbons (Fsp3) is 0.846. The summed E-state index contributed by atoms with van der Waals surface area (Å²) in [5.41, 5.74) is -0.862. The van der Waals surface area contributed by atoms with Crippen molar-refractivity contribution in [3.63, 3.8) is 0 Å². The maximum atomic E-state index is 11.9. The van der Waals surface area contributed by atoms with Crippen molar-refractivity contribution in [3.05, 3.63) is 0 Å². The predicted molar refractivity (Wildman–Crippen MR) is 75.5 cm³/mol. The smallest absolute Gasteiger partial charge is 0.305 e. The Morgan fingerprint density at radius 1 is 1.37 bits per heavy atom. The first kappa shape index (κ1) is 16.2. The molecule has 1 fully saturated rings. The SMILES string of the molecule is C[SiH](C)O[C@@](C)(C1C(=O)NC1CC(=O)O)C(C)(C)C. The van der Waals surface area contributed by atoms with Crippen molar-refractivity contribution in [1.29, 1.82) is 0 Å². The van der Waals surface area contributed by atoms with Gasteiger partial charge in [0.25, 0.3) is 0 Å². The van der Waals surface area contributed by atoms with Crippen LogP contribution >= 0.6 is 0 Å². The molecule has 110 valence electrons. The number of aliphatic carboxylic acids is 1. The maximum absolute atomic E-state index is 11.9. The summed E-state index contributed by atoms with van der Waals surface area (Å²) in [6.45, 7) is 12.2. The zero-order valence-corrected chi connectivity index (χ0v) is 13.8. The van der Waals surface area contributed by atoms with E-state index in [1.807, 2.05) is 27.7 Å². The molecule has 5 nitrogen and oxygen atoms in total. The first-order valence-corrected chi connectivity index (χ1v) is 9.47. The molecule has 19 heavy (non-hydrogen) atoms. The van der Waals surface area contributed by atoms with Gasteiger partial charge in [0.2, 0.25) is 5.91 Å². The third-order valence-electron chi connectivity index (χ3n) is 3.97. The first-order valence-electron chi connectivity index (χ1n) is 6.69. The summed E-state index contributed by atoms with van der Waals surface area (Å²) in [5, 5.41) is 11.6. The minimum atomic E-state index is -1.35. The Bertz CT molecular complexity index is 377. The molecular formula is C13H25NO4Si. The van der Waals surface area contributed by atoms with Gasteiger partial charge in [-0.1, -0.05) is 20.8 Å². The number of hydrogen-bond donors (Lipinski definition) is 2. The molecule has 1 heterocycles. The maximum Gasteiger partial charge on any atom is 0.305 e. The lowest BCUT2D eigenvalue weighted by Crippen LogP contribution is -2.70. The zero-order valence-electron chi connectivity index (χ0n) is 12.6. The molecular weight excluding hydrogens is 262 g/mol. The van der Waals surface area contributed by atoms with Crippen LogP contribution in [0.4, 0.5) is 0 Å². The molecule has 0 spiro atoms. The molecule has 0 aliphatic carbocycles. The highest BCUT2D eigenvalue weighted by Crippen LogP contribution is 2.45. The van der Waals surface area contributed by atoms with Crippen LogP contribution in [-0.2, 0) is 14.0 Å². The summed E-state index contributed by atoms with van der Waals surface area (Å²) >= 11 is 0. The zero-order chi connectivity index (χ0) is 15.0. The highest BCUT2D eigenvalue weighted by atomic mass is 28.3. The molecule has 1 rings (SSSR count). The van der Waals surface area contributed by atoms with E-state index in [9.17, 15) is 9.59 Å². The van der Waals surface area contributed by atoms with Gasteiger partial charge in [0.15, 0.2) is 9.04 Å². The Hall–Kier alpha value is -0.883. The van der Waals surface area contributed by atoms with Crippen molar-refractivity contribution >= 4 is 20.9 Å². The van der Waals surface area contributed by atoms with E-state index in [2.05, 4.69) is 18.4 Å².